The summed E-state index contributed by atoms with van der Waals surface area (Å²) in [4.78, 5) is 23.3. The fraction of sp³-hybridized carbons (Fsp3) is 0.389. The summed E-state index contributed by atoms with van der Waals surface area (Å²) >= 11 is 0. The van der Waals surface area contributed by atoms with Crippen molar-refractivity contribution in [2.24, 2.45) is 0 Å². The molecule has 2 aromatic rings. The van der Waals surface area contributed by atoms with Crippen LogP contribution >= 0.6 is 0 Å². The van der Waals surface area contributed by atoms with Gasteiger partial charge < -0.3 is 20.3 Å². The molecule has 25 heavy (non-hydrogen) atoms. The van der Waals surface area contributed by atoms with Crippen molar-refractivity contribution in [1.29, 1.82) is 0 Å². The van der Waals surface area contributed by atoms with E-state index in [4.69, 9.17) is 4.74 Å². The van der Waals surface area contributed by atoms with Gasteiger partial charge in [0, 0.05) is 44.3 Å². The second-order valence-corrected chi connectivity index (χ2v) is 6.05. The van der Waals surface area contributed by atoms with Crippen molar-refractivity contribution >= 4 is 17.5 Å². The SMILES string of the molecule is CNC(=O)C1(Nc2cccc(OC)c2)CCN(c2ncccn2)CC1. The number of carbonyl (C=O) groups is 1. The molecule has 1 fully saturated rings. The molecular weight excluding hydrogens is 318 g/mol. The lowest BCUT2D eigenvalue weighted by molar-refractivity contribution is -0.125. The van der Waals surface area contributed by atoms with E-state index in [1.54, 1.807) is 32.6 Å². The molecule has 0 spiro atoms. The van der Waals surface area contributed by atoms with Gasteiger partial charge >= 0.3 is 0 Å². The van der Waals surface area contributed by atoms with Crippen LogP contribution in [-0.4, -0.2) is 48.7 Å². The predicted octanol–water partition coefficient (Wildman–Crippen LogP) is 1.68. The highest BCUT2D eigenvalue weighted by atomic mass is 16.5. The van der Waals surface area contributed by atoms with E-state index in [1.807, 2.05) is 24.3 Å². The number of piperidine rings is 1. The van der Waals surface area contributed by atoms with E-state index in [2.05, 4.69) is 25.5 Å². The van der Waals surface area contributed by atoms with Crippen molar-refractivity contribution in [2.45, 2.75) is 18.4 Å². The van der Waals surface area contributed by atoms with Crippen molar-refractivity contribution in [3.63, 3.8) is 0 Å². The Morgan fingerprint density at radius 3 is 2.56 bits per heavy atom. The molecule has 1 aliphatic heterocycles. The Balaban J connectivity index is 1.78. The summed E-state index contributed by atoms with van der Waals surface area (Å²) in [6.07, 6.45) is 4.78. The number of methoxy groups -OCH3 is 1. The van der Waals surface area contributed by atoms with Gasteiger partial charge in [0.15, 0.2) is 0 Å². The average Bonchev–Trinajstić information content (AvgIpc) is 2.68. The van der Waals surface area contributed by atoms with Gasteiger partial charge in [0.05, 0.1) is 7.11 Å². The molecule has 1 aliphatic rings. The highest BCUT2D eigenvalue weighted by Crippen LogP contribution is 2.30. The zero-order chi connectivity index (χ0) is 17.7. The molecule has 7 heteroatoms. The zero-order valence-electron chi connectivity index (χ0n) is 14.5. The fourth-order valence-corrected chi connectivity index (χ4v) is 3.17. The molecule has 2 heterocycles. The zero-order valence-corrected chi connectivity index (χ0v) is 14.5. The Labute approximate surface area is 147 Å². The highest BCUT2D eigenvalue weighted by molar-refractivity contribution is 5.89. The van der Waals surface area contributed by atoms with Gasteiger partial charge in [-0.15, -0.1) is 0 Å². The minimum atomic E-state index is -0.660. The van der Waals surface area contributed by atoms with Crippen molar-refractivity contribution in [2.75, 3.05) is 37.5 Å². The molecule has 0 unspecified atom stereocenters. The summed E-state index contributed by atoms with van der Waals surface area (Å²) in [6, 6.07) is 9.43. The summed E-state index contributed by atoms with van der Waals surface area (Å²) < 4.78 is 5.27. The van der Waals surface area contributed by atoms with Crippen molar-refractivity contribution in [3.8, 4) is 5.75 Å². The summed E-state index contributed by atoms with van der Waals surface area (Å²) in [7, 11) is 3.30. The molecule has 0 aliphatic carbocycles. The second kappa shape index (κ2) is 7.38. The largest absolute Gasteiger partial charge is 0.497 e. The smallest absolute Gasteiger partial charge is 0.245 e. The lowest BCUT2D eigenvalue weighted by Gasteiger charge is -2.41. The molecule has 1 aromatic heterocycles. The van der Waals surface area contributed by atoms with Crippen molar-refractivity contribution < 1.29 is 9.53 Å². The van der Waals surface area contributed by atoms with Crippen LogP contribution in [0.25, 0.3) is 0 Å². The standard InChI is InChI=1S/C18H23N5O2/c1-19-16(24)18(22-14-5-3-6-15(13-14)25-2)7-11-23(12-8-18)17-20-9-4-10-21-17/h3-6,9-10,13,22H,7-8,11-12H2,1-2H3,(H,19,24). The van der Waals surface area contributed by atoms with Gasteiger partial charge in [-0.3, -0.25) is 4.79 Å². The molecule has 1 amide bonds. The van der Waals surface area contributed by atoms with Crippen LogP contribution in [0.1, 0.15) is 12.8 Å². The monoisotopic (exact) mass is 341 g/mol. The summed E-state index contributed by atoms with van der Waals surface area (Å²) in [6.45, 7) is 1.41. The van der Waals surface area contributed by atoms with Crippen LogP contribution < -0.4 is 20.3 Å². The Morgan fingerprint density at radius 1 is 1.20 bits per heavy atom. The van der Waals surface area contributed by atoms with Gasteiger partial charge in [0.1, 0.15) is 11.3 Å². The molecular formula is C18H23N5O2. The third kappa shape index (κ3) is 3.65. The minimum absolute atomic E-state index is 0.0102. The molecule has 0 atom stereocenters. The first-order chi connectivity index (χ1) is 12.2. The van der Waals surface area contributed by atoms with E-state index in [-0.39, 0.29) is 5.91 Å². The van der Waals surface area contributed by atoms with Crippen molar-refractivity contribution in [1.82, 2.24) is 15.3 Å². The Hall–Kier alpha value is -2.83. The Bertz CT molecular complexity index is 714. The van der Waals surface area contributed by atoms with E-state index in [0.29, 0.717) is 31.9 Å². The van der Waals surface area contributed by atoms with Crippen LogP contribution in [0.2, 0.25) is 0 Å². The predicted molar refractivity (Wildman–Crippen MR) is 96.9 cm³/mol. The quantitative estimate of drug-likeness (QED) is 0.861. The lowest BCUT2D eigenvalue weighted by atomic mass is 9.86. The van der Waals surface area contributed by atoms with E-state index in [0.717, 1.165) is 11.4 Å². The number of rotatable bonds is 5. The summed E-state index contributed by atoms with van der Waals surface area (Å²) in [5.74, 6) is 1.45. The van der Waals surface area contributed by atoms with Gasteiger partial charge in [0.25, 0.3) is 0 Å². The number of nitrogens with zero attached hydrogens (tertiary/aromatic N) is 3. The number of ether oxygens (including phenoxy) is 1. The second-order valence-electron chi connectivity index (χ2n) is 6.05. The van der Waals surface area contributed by atoms with E-state index < -0.39 is 5.54 Å². The number of hydrogen-bond donors (Lipinski definition) is 2. The number of benzene rings is 1. The lowest BCUT2D eigenvalue weighted by Crippen LogP contribution is -2.58. The molecule has 0 bridgehead atoms. The van der Waals surface area contributed by atoms with Crippen LogP contribution in [0.3, 0.4) is 0 Å². The van der Waals surface area contributed by atoms with Gasteiger partial charge in [-0.1, -0.05) is 6.07 Å². The molecule has 0 saturated carbocycles. The van der Waals surface area contributed by atoms with Gasteiger partial charge in [-0.2, -0.15) is 0 Å². The number of hydrogen-bond acceptors (Lipinski definition) is 6. The summed E-state index contributed by atoms with van der Waals surface area (Å²) in [5, 5.41) is 6.23. The third-order valence-corrected chi connectivity index (χ3v) is 4.57. The topological polar surface area (TPSA) is 79.4 Å². The average molecular weight is 341 g/mol. The number of aromatic nitrogens is 2. The number of nitrogens with one attached hydrogen (secondary N) is 2. The summed E-state index contributed by atoms with van der Waals surface area (Å²) in [5.41, 5.74) is 0.208. The molecule has 3 rings (SSSR count). The number of likely N-dealkylation sites (N-methyl/N-ethyl adjacent to an activating group) is 1. The third-order valence-electron chi connectivity index (χ3n) is 4.57. The number of amides is 1. The highest BCUT2D eigenvalue weighted by Gasteiger charge is 2.41. The van der Waals surface area contributed by atoms with Crippen LogP contribution in [0, 0.1) is 0 Å². The van der Waals surface area contributed by atoms with E-state index >= 15 is 0 Å². The normalized spacial score (nSPS) is 16.2. The van der Waals surface area contributed by atoms with E-state index in [1.165, 1.54) is 0 Å². The molecule has 1 saturated heterocycles. The molecule has 132 valence electrons. The Morgan fingerprint density at radius 2 is 1.92 bits per heavy atom. The maximum Gasteiger partial charge on any atom is 0.245 e. The first-order valence-corrected chi connectivity index (χ1v) is 8.33. The minimum Gasteiger partial charge on any atom is -0.497 e. The molecule has 7 nitrogen and oxygen atoms in total. The van der Waals surface area contributed by atoms with Gasteiger partial charge in [-0.05, 0) is 31.0 Å². The molecule has 2 N–H and O–H groups in total. The van der Waals surface area contributed by atoms with Crippen molar-refractivity contribution in [3.05, 3.63) is 42.7 Å². The van der Waals surface area contributed by atoms with Crippen LogP contribution in [-0.2, 0) is 4.79 Å². The van der Waals surface area contributed by atoms with Crippen LogP contribution in [0.15, 0.2) is 42.7 Å². The first-order valence-electron chi connectivity index (χ1n) is 8.33. The van der Waals surface area contributed by atoms with Gasteiger partial charge in [-0.25, -0.2) is 9.97 Å². The van der Waals surface area contributed by atoms with Crippen LogP contribution in [0.5, 0.6) is 5.75 Å². The maximum atomic E-state index is 12.6. The Kier molecular flexibility index (Phi) is 5.02. The first kappa shape index (κ1) is 17.0. The number of anilines is 2. The van der Waals surface area contributed by atoms with E-state index in [9.17, 15) is 4.79 Å². The van der Waals surface area contributed by atoms with Gasteiger partial charge in [0.2, 0.25) is 11.9 Å². The maximum absolute atomic E-state index is 12.6. The molecule has 1 aromatic carbocycles. The van der Waals surface area contributed by atoms with Crippen LogP contribution in [0.4, 0.5) is 11.6 Å². The fourth-order valence-electron chi connectivity index (χ4n) is 3.17. The molecule has 0 radical (unpaired) electrons. The number of carbonyl (C=O) groups excluding carboxylic acids is 1.